The predicted octanol–water partition coefficient (Wildman–Crippen LogP) is 3.09. The van der Waals surface area contributed by atoms with Crippen molar-refractivity contribution in [3.63, 3.8) is 0 Å². The Morgan fingerprint density at radius 1 is 1.28 bits per heavy atom. The van der Waals surface area contributed by atoms with Gasteiger partial charge in [0.05, 0.1) is 5.92 Å². The van der Waals surface area contributed by atoms with Crippen molar-refractivity contribution in [3.8, 4) is 5.75 Å². The van der Waals surface area contributed by atoms with Gasteiger partial charge < -0.3 is 10.1 Å². The molecule has 0 amide bonds. The molecule has 1 aliphatic rings. The molecule has 4 nitrogen and oxygen atoms in total. The van der Waals surface area contributed by atoms with E-state index in [4.69, 9.17) is 0 Å². The standard InChI is InChI=1S/C18H22F3NO3/c1-9-5-11(25-17(21)16(19)20)6-10(2)14(9)12-7-22-18(3,4)15(12)13(24)8-23/h5-6,8,12,15-17,22H,7H2,1-4H3. The van der Waals surface area contributed by atoms with Crippen LogP contribution in [0.3, 0.4) is 0 Å². The summed E-state index contributed by atoms with van der Waals surface area (Å²) in [5.41, 5.74) is 1.70. The molecular formula is C18H22F3NO3. The molecule has 0 aliphatic carbocycles. The van der Waals surface area contributed by atoms with Crippen LogP contribution in [-0.2, 0) is 9.59 Å². The Kier molecular flexibility index (Phi) is 5.56. The fourth-order valence-electron chi connectivity index (χ4n) is 3.77. The van der Waals surface area contributed by atoms with Crippen molar-refractivity contribution in [2.45, 2.75) is 51.9 Å². The fraction of sp³-hybridized carbons (Fsp3) is 0.556. The minimum Gasteiger partial charge on any atom is -0.454 e. The zero-order valence-corrected chi connectivity index (χ0v) is 14.6. The molecule has 3 unspecified atom stereocenters. The lowest BCUT2D eigenvalue weighted by atomic mass is 9.75. The average molecular weight is 357 g/mol. The number of aryl methyl sites for hydroxylation is 2. The molecule has 1 aromatic carbocycles. The monoisotopic (exact) mass is 357 g/mol. The van der Waals surface area contributed by atoms with Crippen molar-refractivity contribution in [1.29, 1.82) is 0 Å². The molecule has 1 aliphatic heterocycles. The Bertz CT molecular complexity index is 653. The number of aldehydes is 1. The molecule has 1 saturated heterocycles. The molecule has 1 heterocycles. The smallest absolute Gasteiger partial charge is 0.304 e. The quantitative estimate of drug-likeness (QED) is 0.628. The van der Waals surface area contributed by atoms with E-state index in [1.807, 2.05) is 13.8 Å². The number of carbonyl (C=O) groups is 2. The first-order valence-electron chi connectivity index (χ1n) is 8.02. The van der Waals surface area contributed by atoms with Crippen LogP contribution >= 0.6 is 0 Å². The number of hydrogen-bond donors (Lipinski definition) is 1. The van der Waals surface area contributed by atoms with E-state index in [2.05, 4.69) is 10.1 Å². The average Bonchev–Trinajstić information content (AvgIpc) is 2.81. The Morgan fingerprint density at radius 3 is 2.32 bits per heavy atom. The van der Waals surface area contributed by atoms with Crippen LogP contribution in [0.2, 0.25) is 0 Å². The summed E-state index contributed by atoms with van der Waals surface area (Å²) in [6.45, 7) is 7.72. The van der Waals surface area contributed by atoms with Crippen LogP contribution in [0.25, 0.3) is 0 Å². The molecule has 25 heavy (non-hydrogen) atoms. The molecule has 1 fully saturated rings. The first kappa shape index (κ1) is 19.4. The van der Waals surface area contributed by atoms with Gasteiger partial charge in [0.2, 0.25) is 5.78 Å². The molecule has 1 aromatic rings. The van der Waals surface area contributed by atoms with Crippen molar-refractivity contribution in [3.05, 3.63) is 28.8 Å². The Balaban J connectivity index is 2.39. The van der Waals surface area contributed by atoms with E-state index in [0.29, 0.717) is 24.0 Å². The number of nitrogens with one attached hydrogen (secondary N) is 1. The van der Waals surface area contributed by atoms with Crippen LogP contribution in [0.1, 0.15) is 36.5 Å². The minimum absolute atomic E-state index is 0.00929. The largest absolute Gasteiger partial charge is 0.454 e. The molecule has 0 spiro atoms. The van der Waals surface area contributed by atoms with Gasteiger partial charge in [-0.15, -0.1) is 0 Å². The van der Waals surface area contributed by atoms with Crippen molar-refractivity contribution < 1.29 is 27.5 Å². The first-order chi connectivity index (χ1) is 11.6. The van der Waals surface area contributed by atoms with Crippen LogP contribution in [0.5, 0.6) is 5.75 Å². The van der Waals surface area contributed by atoms with Gasteiger partial charge in [-0.3, -0.25) is 9.59 Å². The number of halogens is 3. The number of rotatable bonds is 6. The van der Waals surface area contributed by atoms with Gasteiger partial charge in [0.1, 0.15) is 5.75 Å². The first-order valence-corrected chi connectivity index (χ1v) is 8.02. The summed E-state index contributed by atoms with van der Waals surface area (Å²) in [5, 5.41) is 3.26. The van der Waals surface area contributed by atoms with E-state index in [1.165, 1.54) is 12.1 Å². The van der Waals surface area contributed by atoms with E-state index in [-0.39, 0.29) is 11.7 Å². The second-order valence-corrected chi connectivity index (χ2v) is 6.98. The zero-order chi connectivity index (χ0) is 18.9. The summed E-state index contributed by atoms with van der Waals surface area (Å²) < 4.78 is 42.4. The number of alkyl halides is 3. The summed E-state index contributed by atoms with van der Waals surface area (Å²) in [4.78, 5) is 23.2. The summed E-state index contributed by atoms with van der Waals surface area (Å²) >= 11 is 0. The lowest BCUT2D eigenvalue weighted by Crippen LogP contribution is -2.42. The van der Waals surface area contributed by atoms with E-state index in [0.717, 1.165) is 5.56 Å². The van der Waals surface area contributed by atoms with Gasteiger partial charge in [-0.05, 0) is 56.5 Å². The summed E-state index contributed by atoms with van der Waals surface area (Å²) in [6.07, 6.45) is -5.58. The van der Waals surface area contributed by atoms with Crippen LogP contribution in [0.4, 0.5) is 13.2 Å². The van der Waals surface area contributed by atoms with Crippen LogP contribution < -0.4 is 10.1 Å². The third-order valence-corrected chi connectivity index (χ3v) is 4.76. The topological polar surface area (TPSA) is 55.4 Å². The fourth-order valence-corrected chi connectivity index (χ4v) is 3.77. The number of carbonyl (C=O) groups excluding carboxylic acids is 2. The maximum absolute atomic E-state index is 13.1. The highest BCUT2D eigenvalue weighted by Crippen LogP contribution is 2.41. The SMILES string of the molecule is Cc1cc(OC(F)C(F)F)cc(C)c1C1CNC(C)(C)C1C(=O)C=O. The van der Waals surface area contributed by atoms with E-state index < -0.39 is 30.0 Å². The van der Waals surface area contributed by atoms with Gasteiger partial charge >= 0.3 is 6.43 Å². The zero-order valence-electron chi connectivity index (χ0n) is 14.6. The number of ether oxygens (including phenoxy) is 1. The summed E-state index contributed by atoms with van der Waals surface area (Å²) in [6, 6.07) is 2.95. The number of benzene rings is 1. The molecule has 7 heteroatoms. The molecule has 3 atom stereocenters. The van der Waals surface area contributed by atoms with Gasteiger partial charge in [-0.2, -0.15) is 4.39 Å². The Hall–Kier alpha value is -1.89. The number of Topliss-reactive ketones (excluding diaryl/α,β-unsaturated/α-hetero) is 1. The van der Waals surface area contributed by atoms with Gasteiger partial charge in [0.25, 0.3) is 6.36 Å². The molecular weight excluding hydrogens is 335 g/mol. The summed E-state index contributed by atoms with van der Waals surface area (Å²) in [5.74, 6) is -1.25. The lowest BCUT2D eigenvalue weighted by Gasteiger charge is -2.29. The Morgan fingerprint density at radius 2 is 1.84 bits per heavy atom. The lowest BCUT2D eigenvalue weighted by molar-refractivity contribution is -0.133. The normalized spacial score (nSPS) is 23.5. The van der Waals surface area contributed by atoms with Gasteiger partial charge in [0, 0.05) is 18.0 Å². The molecule has 0 aromatic heterocycles. The van der Waals surface area contributed by atoms with E-state index in [9.17, 15) is 22.8 Å². The molecule has 0 radical (unpaired) electrons. The molecule has 1 N–H and O–H groups in total. The molecule has 0 bridgehead atoms. The highest BCUT2D eigenvalue weighted by atomic mass is 19.3. The van der Waals surface area contributed by atoms with Crippen molar-refractivity contribution in [2.75, 3.05) is 6.54 Å². The summed E-state index contributed by atoms with van der Waals surface area (Å²) in [7, 11) is 0. The van der Waals surface area contributed by atoms with Gasteiger partial charge in [-0.25, -0.2) is 8.78 Å². The number of hydrogen-bond acceptors (Lipinski definition) is 4. The van der Waals surface area contributed by atoms with Gasteiger partial charge in [0.15, 0.2) is 6.29 Å². The third kappa shape index (κ3) is 3.86. The van der Waals surface area contributed by atoms with Crippen molar-refractivity contribution in [2.24, 2.45) is 5.92 Å². The molecule has 138 valence electrons. The van der Waals surface area contributed by atoms with E-state index in [1.54, 1.807) is 13.8 Å². The second-order valence-electron chi connectivity index (χ2n) is 6.98. The maximum atomic E-state index is 13.1. The highest BCUT2D eigenvalue weighted by molar-refractivity contribution is 6.26. The molecule has 2 rings (SSSR count). The second kappa shape index (κ2) is 7.15. The van der Waals surface area contributed by atoms with Crippen LogP contribution in [-0.4, -0.2) is 36.9 Å². The highest BCUT2D eigenvalue weighted by Gasteiger charge is 2.47. The van der Waals surface area contributed by atoms with Crippen LogP contribution in [0.15, 0.2) is 12.1 Å². The van der Waals surface area contributed by atoms with Crippen molar-refractivity contribution >= 4 is 12.1 Å². The molecule has 0 saturated carbocycles. The van der Waals surface area contributed by atoms with Crippen LogP contribution in [0, 0.1) is 19.8 Å². The van der Waals surface area contributed by atoms with Crippen molar-refractivity contribution in [1.82, 2.24) is 5.32 Å². The minimum atomic E-state index is -3.23. The third-order valence-electron chi connectivity index (χ3n) is 4.76. The number of ketones is 1. The van der Waals surface area contributed by atoms with Gasteiger partial charge in [-0.1, -0.05) is 0 Å². The maximum Gasteiger partial charge on any atom is 0.304 e. The van der Waals surface area contributed by atoms with E-state index >= 15 is 0 Å². The predicted molar refractivity (Wildman–Crippen MR) is 86.8 cm³/mol. The Labute approximate surface area is 144 Å².